The summed E-state index contributed by atoms with van der Waals surface area (Å²) in [5.41, 5.74) is 0. The predicted molar refractivity (Wildman–Crippen MR) is 57.9 cm³/mol. The molecule has 4 heteroatoms. The molecule has 0 aliphatic carbocycles. The molecule has 0 radical (unpaired) electrons. The minimum Gasteiger partial charge on any atom is -0.479 e. The van der Waals surface area contributed by atoms with Crippen molar-refractivity contribution in [2.75, 3.05) is 13.1 Å². The zero-order valence-corrected chi connectivity index (χ0v) is 9.37. The Balaban J connectivity index is 2.01. The second kappa shape index (κ2) is 6.80. The minimum atomic E-state index is -0.830. The highest BCUT2D eigenvalue weighted by Crippen LogP contribution is 2.19. The lowest BCUT2D eigenvalue weighted by Gasteiger charge is -2.11. The molecule has 2 unspecified atom stereocenters. The van der Waals surface area contributed by atoms with Crippen molar-refractivity contribution >= 4 is 5.97 Å². The van der Waals surface area contributed by atoms with Crippen molar-refractivity contribution in [3.8, 4) is 0 Å². The molecule has 0 aromatic rings. The highest BCUT2D eigenvalue weighted by molar-refractivity contribution is 5.72. The standard InChI is InChI=1S/C11H21NO3/c1-2-3-4-7-12-8-9-5-6-10(15-9)11(13)14/h9-10,12H,2-8H2,1H3,(H,13,14). The molecule has 1 rings (SSSR count). The molecule has 4 nitrogen and oxygen atoms in total. The fraction of sp³-hybridized carbons (Fsp3) is 0.909. The van der Waals surface area contributed by atoms with Crippen LogP contribution in [0.1, 0.15) is 39.0 Å². The van der Waals surface area contributed by atoms with Gasteiger partial charge in [-0.2, -0.15) is 0 Å². The Morgan fingerprint density at radius 3 is 2.87 bits per heavy atom. The molecular formula is C11H21NO3. The van der Waals surface area contributed by atoms with Crippen LogP contribution >= 0.6 is 0 Å². The number of hydrogen-bond donors (Lipinski definition) is 2. The van der Waals surface area contributed by atoms with Crippen molar-refractivity contribution in [1.29, 1.82) is 0 Å². The van der Waals surface area contributed by atoms with Gasteiger partial charge in [-0.1, -0.05) is 19.8 Å². The fourth-order valence-electron chi connectivity index (χ4n) is 1.80. The van der Waals surface area contributed by atoms with Gasteiger partial charge in [0.25, 0.3) is 0 Å². The number of rotatable bonds is 7. The lowest BCUT2D eigenvalue weighted by molar-refractivity contribution is -0.149. The van der Waals surface area contributed by atoms with E-state index in [0.717, 1.165) is 19.5 Å². The Morgan fingerprint density at radius 2 is 2.27 bits per heavy atom. The van der Waals surface area contributed by atoms with Gasteiger partial charge in [0.2, 0.25) is 0 Å². The molecule has 88 valence electrons. The number of carboxylic acid groups (broad SMARTS) is 1. The second-order valence-electron chi connectivity index (χ2n) is 4.07. The number of carbonyl (C=O) groups is 1. The first-order valence-corrected chi connectivity index (χ1v) is 5.83. The number of unbranched alkanes of at least 4 members (excludes halogenated alkanes) is 2. The fourth-order valence-corrected chi connectivity index (χ4v) is 1.80. The summed E-state index contributed by atoms with van der Waals surface area (Å²) in [6.45, 7) is 3.97. The van der Waals surface area contributed by atoms with Gasteiger partial charge in [0.05, 0.1) is 6.10 Å². The van der Waals surface area contributed by atoms with Gasteiger partial charge >= 0.3 is 5.97 Å². The van der Waals surface area contributed by atoms with Gasteiger partial charge in [-0.05, 0) is 25.8 Å². The van der Waals surface area contributed by atoms with Gasteiger partial charge in [0.1, 0.15) is 0 Å². The van der Waals surface area contributed by atoms with Crippen LogP contribution in [-0.4, -0.2) is 36.4 Å². The molecule has 0 amide bonds. The van der Waals surface area contributed by atoms with Crippen molar-refractivity contribution in [1.82, 2.24) is 5.32 Å². The lowest BCUT2D eigenvalue weighted by Crippen LogP contribution is -2.29. The number of carboxylic acids is 1. The van der Waals surface area contributed by atoms with Crippen LogP contribution in [0.5, 0.6) is 0 Å². The van der Waals surface area contributed by atoms with Gasteiger partial charge in [0, 0.05) is 6.54 Å². The molecule has 0 spiro atoms. The molecule has 2 atom stereocenters. The molecule has 1 aliphatic heterocycles. The summed E-state index contributed by atoms with van der Waals surface area (Å²) in [6.07, 6.45) is 4.68. The first kappa shape index (κ1) is 12.5. The summed E-state index contributed by atoms with van der Waals surface area (Å²) in [5.74, 6) is -0.830. The molecule has 15 heavy (non-hydrogen) atoms. The summed E-state index contributed by atoms with van der Waals surface area (Å²) in [6, 6.07) is 0. The van der Waals surface area contributed by atoms with E-state index in [1.807, 2.05) is 0 Å². The van der Waals surface area contributed by atoms with Crippen molar-refractivity contribution < 1.29 is 14.6 Å². The SMILES string of the molecule is CCCCCNCC1CCC(C(=O)O)O1. The number of hydrogen-bond acceptors (Lipinski definition) is 3. The van der Waals surface area contributed by atoms with E-state index in [4.69, 9.17) is 9.84 Å². The van der Waals surface area contributed by atoms with Crippen molar-refractivity contribution in [2.45, 2.75) is 51.2 Å². The summed E-state index contributed by atoms with van der Waals surface area (Å²) >= 11 is 0. The van der Waals surface area contributed by atoms with E-state index in [1.54, 1.807) is 0 Å². The molecule has 0 aromatic carbocycles. The average molecular weight is 215 g/mol. The topological polar surface area (TPSA) is 58.6 Å². The molecule has 0 aromatic heterocycles. The zero-order chi connectivity index (χ0) is 11.1. The highest BCUT2D eigenvalue weighted by atomic mass is 16.5. The third-order valence-corrected chi connectivity index (χ3v) is 2.71. The van der Waals surface area contributed by atoms with Crippen LogP contribution in [0.3, 0.4) is 0 Å². The smallest absolute Gasteiger partial charge is 0.332 e. The van der Waals surface area contributed by atoms with E-state index in [1.165, 1.54) is 19.3 Å². The maximum Gasteiger partial charge on any atom is 0.332 e. The Kier molecular flexibility index (Phi) is 5.65. The van der Waals surface area contributed by atoms with Gasteiger partial charge in [-0.3, -0.25) is 0 Å². The van der Waals surface area contributed by atoms with Crippen LogP contribution in [-0.2, 0) is 9.53 Å². The molecule has 0 saturated carbocycles. The third kappa shape index (κ3) is 4.62. The van der Waals surface area contributed by atoms with Crippen LogP contribution < -0.4 is 5.32 Å². The number of ether oxygens (including phenoxy) is 1. The third-order valence-electron chi connectivity index (χ3n) is 2.71. The normalized spacial score (nSPS) is 25.7. The van der Waals surface area contributed by atoms with Crippen molar-refractivity contribution in [3.05, 3.63) is 0 Å². The van der Waals surface area contributed by atoms with Crippen LogP contribution in [0.4, 0.5) is 0 Å². The van der Waals surface area contributed by atoms with E-state index in [-0.39, 0.29) is 6.10 Å². The highest BCUT2D eigenvalue weighted by Gasteiger charge is 2.29. The van der Waals surface area contributed by atoms with Crippen LogP contribution in [0.25, 0.3) is 0 Å². The van der Waals surface area contributed by atoms with Crippen LogP contribution in [0, 0.1) is 0 Å². The molecule has 1 fully saturated rings. The van der Waals surface area contributed by atoms with E-state index >= 15 is 0 Å². The van der Waals surface area contributed by atoms with Gasteiger partial charge in [0.15, 0.2) is 6.10 Å². The summed E-state index contributed by atoms with van der Waals surface area (Å²) in [7, 11) is 0. The van der Waals surface area contributed by atoms with Gasteiger partial charge < -0.3 is 15.2 Å². The number of nitrogens with one attached hydrogen (secondary N) is 1. The minimum absolute atomic E-state index is 0.0905. The van der Waals surface area contributed by atoms with Crippen molar-refractivity contribution in [2.24, 2.45) is 0 Å². The Hall–Kier alpha value is -0.610. The maximum atomic E-state index is 10.6. The predicted octanol–water partition coefficient (Wildman–Crippen LogP) is 1.40. The quantitative estimate of drug-likeness (QED) is 0.630. The molecule has 1 saturated heterocycles. The zero-order valence-electron chi connectivity index (χ0n) is 9.37. The number of aliphatic carboxylic acids is 1. The summed E-state index contributed by atoms with van der Waals surface area (Å²) in [5, 5.41) is 12.0. The first-order chi connectivity index (χ1) is 7.24. The first-order valence-electron chi connectivity index (χ1n) is 5.83. The molecule has 1 aliphatic rings. The summed E-state index contributed by atoms with van der Waals surface area (Å²) in [4.78, 5) is 10.6. The monoisotopic (exact) mass is 215 g/mol. The maximum absolute atomic E-state index is 10.6. The van der Waals surface area contributed by atoms with Crippen molar-refractivity contribution in [3.63, 3.8) is 0 Å². The largest absolute Gasteiger partial charge is 0.479 e. The van der Waals surface area contributed by atoms with Crippen LogP contribution in [0.2, 0.25) is 0 Å². The van der Waals surface area contributed by atoms with E-state index in [2.05, 4.69) is 12.2 Å². The van der Waals surface area contributed by atoms with Crippen LogP contribution in [0.15, 0.2) is 0 Å². The summed E-state index contributed by atoms with van der Waals surface area (Å²) < 4.78 is 5.37. The van der Waals surface area contributed by atoms with E-state index in [0.29, 0.717) is 6.42 Å². The second-order valence-corrected chi connectivity index (χ2v) is 4.07. The molecule has 0 bridgehead atoms. The van der Waals surface area contributed by atoms with Gasteiger partial charge in [-0.25, -0.2) is 4.79 Å². The van der Waals surface area contributed by atoms with E-state index in [9.17, 15) is 4.79 Å². The Bertz CT molecular complexity index is 196. The Morgan fingerprint density at radius 1 is 1.47 bits per heavy atom. The average Bonchev–Trinajstić information content (AvgIpc) is 2.66. The Labute approximate surface area is 91.0 Å². The molecule has 1 heterocycles. The lowest BCUT2D eigenvalue weighted by atomic mass is 10.2. The van der Waals surface area contributed by atoms with Gasteiger partial charge in [-0.15, -0.1) is 0 Å². The van der Waals surface area contributed by atoms with E-state index < -0.39 is 12.1 Å². The molecule has 2 N–H and O–H groups in total. The molecular weight excluding hydrogens is 194 g/mol.